The average Bonchev–Trinajstić information content (AvgIpc) is 3.52. The van der Waals surface area contributed by atoms with Crippen molar-refractivity contribution < 1.29 is 18.8 Å². The Balaban J connectivity index is 1.30. The number of nitrogens with zero attached hydrogens (tertiary/aromatic N) is 3. The lowest BCUT2D eigenvalue weighted by Gasteiger charge is -2.24. The lowest BCUT2D eigenvalue weighted by Crippen LogP contribution is -2.44. The molecule has 0 bridgehead atoms. The van der Waals surface area contributed by atoms with Crippen LogP contribution in [0, 0.1) is 5.82 Å². The van der Waals surface area contributed by atoms with Crippen molar-refractivity contribution in [3.63, 3.8) is 0 Å². The highest BCUT2D eigenvalue weighted by Crippen LogP contribution is 2.41. The zero-order valence-corrected chi connectivity index (χ0v) is 18.6. The van der Waals surface area contributed by atoms with E-state index in [4.69, 9.17) is 0 Å². The highest BCUT2D eigenvalue weighted by atomic mass is 19.1. The van der Waals surface area contributed by atoms with E-state index in [2.05, 4.69) is 15.6 Å². The monoisotopic (exact) mass is 461 g/mol. The van der Waals surface area contributed by atoms with Crippen LogP contribution in [-0.2, 0) is 16.6 Å². The molecule has 2 unspecified atom stereocenters. The summed E-state index contributed by atoms with van der Waals surface area (Å²) in [4.78, 5) is 44.8. The summed E-state index contributed by atoms with van der Waals surface area (Å²) >= 11 is 0. The third-order valence-electron chi connectivity index (χ3n) is 6.24. The van der Waals surface area contributed by atoms with Gasteiger partial charge in [0.15, 0.2) is 0 Å². The highest BCUT2D eigenvalue weighted by molar-refractivity contribution is 6.05. The molecule has 9 heteroatoms. The van der Waals surface area contributed by atoms with Gasteiger partial charge < -0.3 is 20.1 Å². The van der Waals surface area contributed by atoms with Gasteiger partial charge in [-0.05, 0) is 42.2 Å². The van der Waals surface area contributed by atoms with E-state index in [1.807, 2.05) is 0 Å². The first-order valence-corrected chi connectivity index (χ1v) is 11.2. The third-order valence-corrected chi connectivity index (χ3v) is 6.24. The van der Waals surface area contributed by atoms with Crippen molar-refractivity contribution in [1.82, 2.24) is 25.1 Å². The van der Waals surface area contributed by atoms with Gasteiger partial charge in [0.1, 0.15) is 23.7 Å². The standard InChI is InChI=1S/C25H24FN5O3/c1-30-13-12-27-23(30)21(15-6-8-16(26)9-7-15)29-20(32)14-28-24(33)22-18-4-2-3-5-19(18)25(34)31(22)17-10-11-17/h2-9,12-13,17,21-22H,10-11,14H2,1H3,(H,28,33)(H,29,32). The van der Waals surface area contributed by atoms with Gasteiger partial charge in [-0.1, -0.05) is 30.3 Å². The molecule has 34 heavy (non-hydrogen) atoms. The minimum atomic E-state index is -0.744. The van der Waals surface area contributed by atoms with Crippen molar-refractivity contribution >= 4 is 17.7 Å². The molecular weight excluding hydrogens is 437 g/mol. The molecule has 2 aliphatic rings. The Morgan fingerprint density at radius 3 is 2.56 bits per heavy atom. The number of imidazole rings is 1. The summed E-state index contributed by atoms with van der Waals surface area (Å²) in [6.45, 7) is -0.272. The van der Waals surface area contributed by atoms with Crippen LogP contribution in [0.15, 0.2) is 60.9 Å². The number of halogens is 1. The van der Waals surface area contributed by atoms with Crippen molar-refractivity contribution in [2.75, 3.05) is 6.54 Å². The molecule has 8 nitrogen and oxygen atoms in total. The van der Waals surface area contributed by atoms with Crippen LogP contribution in [0.1, 0.15) is 52.2 Å². The van der Waals surface area contributed by atoms with E-state index in [1.54, 1.807) is 65.3 Å². The normalized spacial score (nSPS) is 17.9. The Bertz CT molecular complexity index is 1250. The Labute approximate surface area is 195 Å². The van der Waals surface area contributed by atoms with E-state index >= 15 is 0 Å². The molecule has 1 aromatic heterocycles. The molecule has 2 heterocycles. The molecule has 1 aliphatic heterocycles. The number of hydrogen-bond donors (Lipinski definition) is 2. The fourth-order valence-corrected chi connectivity index (χ4v) is 4.42. The summed E-state index contributed by atoms with van der Waals surface area (Å²) in [6, 6.07) is 11.6. The van der Waals surface area contributed by atoms with Crippen LogP contribution in [0.3, 0.4) is 0 Å². The molecule has 1 saturated carbocycles. The van der Waals surface area contributed by atoms with E-state index in [1.165, 1.54) is 12.1 Å². The smallest absolute Gasteiger partial charge is 0.255 e. The van der Waals surface area contributed by atoms with E-state index in [9.17, 15) is 18.8 Å². The lowest BCUT2D eigenvalue weighted by atomic mass is 10.0. The summed E-state index contributed by atoms with van der Waals surface area (Å²) in [5.41, 5.74) is 1.85. The second-order valence-electron chi connectivity index (χ2n) is 8.60. The second kappa shape index (κ2) is 8.74. The maximum atomic E-state index is 13.4. The average molecular weight is 461 g/mol. The predicted molar refractivity (Wildman–Crippen MR) is 121 cm³/mol. The molecule has 2 aromatic carbocycles. The van der Waals surface area contributed by atoms with Crippen LogP contribution < -0.4 is 10.6 Å². The second-order valence-corrected chi connectivity index (χ2v) is 8.60. The van der Waals surface area contributed by atoms with Crippen molar-refractivity contribution in [2.45, 2.75) is 31.0 Å². The van der Waals surface area contributed by atoms with Gasteiger partial charge in [-0.15, -0.1) is 0 Å². The molecule has 3 aromatic rings. The Morgan fingerprint density at radius 1 is 1.15 bits per heavy atom. The van der Waals surface area contributed by atoms with Crippen molar-refractivity contribution in [3.05, 3.63) is 89.3 Å². The van der Waals surface area contributed by atoms with Crippen LogP contribution in [0.5, 0.6) is 0 Å². The summed E-state index contributed by atoms with van der Waals surface area (Å²) in [5.74, 6) is -0.778. The summed E-state index contributed by atoms with van der Waals surface area (Å²) < 4.78 is 15.2. The van der Waals surface area contributed by atoms with Crippen molar-refractivity contribution in [2.24, 2.45) is 7.05 Å². The number of aryl methyl sites for hydroxylation is 1. The van der Waals surface area contributed by atoms with Gasteiger partial charge in [0.05, 0.1) is 6.54 Å². The lowest BCUT2D eigenvalue weighted by molar-refractivity contribution is -0.129. The number of nitrogens with one attached hydrogen (secondary N) is 2. The van der Waals surface area contributed by atoms with Gasteiger partial charge in [0.25, 0.3) is 5.91 Å². The number of carbonyl (C=O) groups is 3. The topological polar surface area (TPSA) is 96.3 Å². The zero-order chi connectivity index (χ0) is 23.8. The summed E-state index contributed by atoms with van der Waals surface area (Å²) in [5, 5.41) is 5.57. The zero-order valence-electron chi connectivity index (χ0n) is 18.6. The van der Waals surface area contributed by atoms with Gasteiger partial charge >= 0.3 is 0 Å². The first-order chi connectivity index (χ1) is 16.4. The molecule has 174 valence electrons. The fourth-order valence-electron chi connectivity index (χ4n) is 4.42. The third kappa shape index (κ3) is 4.05. The summed E-state index contributed by atoms with van der Waals surface area (Å²) in [7, 11) is 1.80. The molecule has 3 amide bonds. The quantitative estimate of drug-likeness (QED) is 0.564. The molecule has 0 spiro atoms. The van der Waals surface area contributed by atoms with Crippen LogP contribution in [0.25, 0.3) is 0 Å². The molecule has 0 radical (unpaired) electrons. The molecule has 2 N–H and O–H groups in total. The van der Waals surface area contributed by atoms with Crippen molar-refractivity contribution in [3.8, 4) is 0 Å². The van der Waals surface area contributed by atoms with E-state index < -0.39 is 23.9 Å². The number of amides is 3. The first kappa shape index (κ1) is 21.8. The van der Waals surface area contributed by atoms with E-state index in [0.717, 1.165) is 12.8 Å². The Kier molecular flexibility index (Phi) is 5.61. The highest BCUT2D eigenvalue weighted by Gasteiger charge is 2.47. The molecule has 2 atom stereocenters. The number of rotatable bonds is 7. The van der Waals surface area contributed by atoms with Crippen LogP contribution >= 0.6 is 0 Å². The minimum absolute atomic E-state index is 0.0516. The SMILES string of the molecule is Cn1ccnc1C(NC(=O)CNC(=O)C1c2ccccc2C(=O)N1C1CC1)c1ccc(F)cc1. The first-order valence-electron chi connectivity index (χ1n) is 11.2. The van der Waals surface area contributed by atoms with E-state index in [-0.39, 0.29) is 24.3 Å². The maximum absolute atomic E-state index is 13.4. The van der Waals surface area contributed by atoms with Gasteiger partial charge in [-0.3, -0.25) is 14.4 Å². The largest absolute Gasteiger partial charge is 0.345 e. The number of carbonyl (C=O) groups excluding carboxylic acids is 3. The molecular formula is C25H24FN5O3. The van der Waals surface area contributed by atoms with Gasteiger partial charge in [-0.25, -0.2) is 9.37 Å². The Hall–Kier alpha value is -4.01. The number of hydrogen-bond acceptors (Lipinski definition) is 4. The number of benzene rings is 2. The minimum Gasteiger partial charge on any atom is -0.345 e. The van der Waals surface area contributed by atoms with Gasteiger partial charge in [0, 0.05) is 31.0 Å². The summed E-state index contributed by atoms with van der Waals surface area (Å²) in [6.07, 6.45) is 5.10. The van der Waals surface area contributed by atoms with Gasteiger partial charge in [-0.2, -0.15) is 0 Å². The Morgan fingerprint density at radius 2 is 1.88 bits per heavy atom. The maximum Gasteiger partial charge on any atom is 0.255 e. The van der Waals surface area contributed by atoms with Gasteiger partial charge in [0.2, 0.25) is 11.8 Å². The van der Waals surface area contributed by atoms with E-state index in [0.29, 0.717) is 22.5 Å². The predicted octanol–water partition coefficient (Wildman–Crippen LogP) is 2.24. The molecule has 0 saturated heterocycles. The number of fused-ring (bicyclic) bond motifs is 1. The van der Waals surface area contributed by atoms with Crippen LogP contribution in [0.2, 0.25) is 0 Å². The number of aromatic nitrogens is 2. The molecule has 5 rings (SSSR count). The molecule has 1 fully saturated rings. The van der Waals surface area contributed by atoms with Crippen LogP contribution in [0.4, 0.5) is 4.39 Å². The fraction of sp³-hybridized carbons (Fsp3) is 0.280. The van der Waals surface area contributed by atoms with Crippen molar-refractivity contribution in [1.29, 1.82) is 0 Å². The molecule has 1 aliphatic carbocycles. The van der Waals surface area contributed by atoms with Crippen LogP contribution in [-0.4, -0.2) is 44.8 Å².